The van der Waals surface area contributed by atoms with E-state index in [4.69, 9.17) is 0 Å². The van der Waals surface area contributed by atoms with Crippen LogP contribution in [0.3, 0.4) is 0 Å². The Hall–Kier alpha value is -0.350. The lowest BCUT2D eigenvalue weighted by Crippen LogP contribution is -2.50. The molecule has 15 heavy (non-hydrogen) atoms. The first-order valence-electron chi connectivity index (χ1n) is 5.73. The number of nitrogens with zero attached hydrogens (tertiary/aromatic N) is 3. The quantitative estimate of drug-likeness (QED) is 0.840. The number of hydrogen-bond donors (Lipinski definition) is 0. The van der Waals surface area contributed by atoms with Gasteiger partial charge in [0.15, 0.2) is 0 Å². The Labute approximate surface area is 98.6 Å². The Kier molecular flexibility index (Phi) is 2.56. The summed E-state index contributed by atoms with van der Waals surface area (Å²) in [6, 6.07) is 0.608. The van der Waals surface area contributed by atoms with Crippen molar-refractivity contribution in [3.63, 3.8) is 0 Å². The minimum atomic E-state index is 0.608. The van der Waals surface area contributed by atoms with E-state index in [2.05, 4.69) is 36.8 Å². The van der Waals surface area contributed by atoms with Gasteiger partial charge in [0.25, 0.3) is 0 Å². The fourth-order valence-electron chi connectivity index (χ4n) is 2.41. The normalized spacial score (nSPS) is 23.8. The van der Waals surface area contributed by atoms with Gasteiger partial charge in [-0.15, -0.1) is 0 Å². The minimum Gasteiger partial charge on any atom is -0.299 e. The van der Waals surface area contributed by atoms with E-state index in [0.717, 1.165) is 10.4 Å². The fourth-order valence-corrected chi connectivity index (χ4v) is 2.72. The summed E-state index contributed by atoms with van der Waals surface area (Å²) in [6.45, 7) is 3.69. The third-order valence-corrected chi connectivity index (χ3v) is 4.03. The maximum absolute atomic E-state index is 4.33. The summed E-state index contributed by atoms with van der Waals surface area (Å²) in [7, 11) is 0. The largest absolute Gasteiger partial charge is 0.299 e. The molecule has 3 rings (SSSR count). The lowest BCUT2D eigenvalue weighted by atomic mass is 9.84. The maximum atomic E-state index is 4.33. The average molecular weight is 270 g/mol. The molecule has 2 heterocycles. The van der Waals surface area contributed by atoms with Gasteiger partial charge in [-0.1, -0.05) is 6.42 Å². The van der Waals surface area contributed by atoms with Gasteiger partial charge in [0.05, 0.1) is 16.7 Å². The van der Waals surface area contributed by atoms with E-state index in [-0.39, 0.29) is 0 Å². The van der Waals surface area contributed by atoms with Crippen LogP contribution in [0.4, 0.5) is 0 Å². The number of halogens is 1. The van der Waals surface area contributed by atoms with Gasteiger partial charge in [0, 0.05) is 25.8 Å². The Balaban J connectivity index is 1.48. The van der Waals surface area contributed by atoms with Crippen LogP contribution >= 0.6 is 15.9 Å². The van der Waals surface area contributed by atoms with Gasteiger partial charge < -0.3 is 0 Å². The Morgan fingerprint density at radius 1 is 1.40 bits per heavy atom. The van der Waals surface area contributed by atoms with Gasteiger partial charge in [0.2, 0.25) is 0 Å². The molecule has 82 valence electrons. The molecule has 0 unspecified atom stereocenters. The molecule has 1 saturated carbocycles. The van der Waals surface area contributed by atoms with Crippen molar-refractivity contribution in [1.29, 1.82) is 0 Å². The molecule has 1 aliphatic heterocycles. The molecule has 0 amide bonds. The maximum Gasteiger partial charge on any atom is 0.0773 e. The van der Waals surface area contributed by atoms with Gasteiger partial charge >= 0.3 is 0 Å². The van der Waals surface area contributed by atoms with Crippen LogP contribution in [0.25, 0.3) is 0 Å². The zero-order valence-electron chi connectivity index (χ0n) is 8.77. The van der Waals surface area contributed by atoms with E-state index >= 15 is 0 Å². The van der Waals surface area contributed by atoms with Crippen LogP contribution in [-0.2, 0) is 0 Å². The van der Waals surface area contributed by atoms with Crippen LogP contribution in [0, 0.1) is 5.92 Å². The summed E-state index contributed by atoms with van der Waals surface area (Å²) in [5, 5.41) is 4.33. The standard InChI is InChI=1S/C11H16BrN3/c12-10-4-13-15(6-10)11-7-14(8-11)5-9-2-1-3-9/h4,6,9,11H,1-3,5,7-8H2. The monoisotopic (exact) mass is 269 g/mol. The molecule has 1 aromatic heterocycles. The molecule has 0 N–H and O–H groups in total. The van der Waals surface area contributed by atoms with E-state index in [0.29, 0.717) is 6.04 Å². The highest BCUT2D eigenvalue weighted by Gasteiger charge is 2.31. The van der Waals surface area contributed by atoms with E-state index in [9.17, 15) is 0 Å². The summed E-state index contributed by atoms with van der Waals surface area (Å²) in [5.41, 5.74) is 0. The molecule has 1 saturated heterocycles. The van der Waals surface area contributed by atoms with Crippen molar-refractivity contribution >= 4 is 15.9 Å². The van der Waals surface area contributed by atoms with Crippen LogP contribution in [-0.4, -0.2) is 34.3 Å². The SMILES string of the molecule is Brc1cnn(C2CN(CC3CCC3)C2)c1. The van der Waals surface area contributed by atoms with Crippen molar-refractivity contribution in [3.8, 4) is 0 Å². The summed E-state index contributed by atoms with van der Waals surface area (Å²) in [5.74, 6) is 0.996. The zero-order valence-corrected chi connectivity index (χ0v) is 10.4. The summed E-state index contributed by atoms with van der Waals surface area (Å²) in [4.78, 5) is 2.56. The zero-order chi connectivity index (χ0) is 10.3. The molecule has 1 aromatic rings. The molecule has 0 spiro atoms. The summed E-state index contributed by atoms with van der Waals surface area (Å²) in [6.07, 6.45) is 8.30. The Morgan fingerprint density at radius 3 is 2.73 bits per heavy atom. The van der Waals surface area contributed by atoms with Crippen LogP contribution < -0.4 is 0 Å². The molecule has 3 nitrogen and oxygen atoms in total. The number of aromatic nitrogens is 2. The molecule has 0 radical (unpaired) electrons. The van der Waals surface area contributed by atoms with Gasteiger partial charge in [-0.3, -0.25) is 9.58 Å². The fraction of sp³-hybridized carbons (Fsp3) is 0.727. The third kappa shape index (κ3) is 1.97. The first-order valence-corrected chi connectivity index (χ1v) is 6.52. The lowest BCUT2D eigenvalue weighted by Gasteiger charge is -2.42. The van der Waals surface area contributed by atoms with Crippen molar-refractivity contribution in [3.05, 3.63) is 16.9 Å². The summed E-state index contributed by atoms with van der Waals surface area (Å²) < 4.78 is 3.17. The highest BCUT2D eigenvalue weighted by Crippen LogP contribution is 2.30. The van der Waals surface area contributed by atoms with E-state index in [1.54, 1.807) is 0 Å². The molecule has 2 aliphatic rings. The van der Waals surface area contributed by atoms with Crippen molar-refractivity contribution in [2.45, 2.75) is 25.3 Å². The molecular weight excluding hydrogens is 254 g/mol. The molecule has 0 bridgehead atoms. The second-order valence-electron chi connectivity index (χ2n) is 4.81. The highest BCUT2D eigenvalue weighted by molar-refractivity contribution is 9.10. The number of rotatable bonds is 3. The second kappa shape index (κ2) is 3.91. The van der Waals surface area contributed by atoms with Crippen LogP contribution in [0.2, 0.25) is 0 Å². The smallest absolute Gasteiger partial charge is 0.0773 e. The molecule has 0 aromatic carbocycles. The topological polar surface area (TPSA) is 21.1 Å². The first kappa shape index (κ1) is 9.85. The van der Waals surface area contributed by atoms with Crippen molar-refractivity contribution in [1.82, 2.24) is 14.7 Å². The first-order chi connectivity index (χ1) is 7.31. The third-order valence-electron chi connectivity index (χ3n) is 3.62. The highest BCUT2D eigenvalue weighted by atomic mass is 79.9. The van der Waals surface area contributed by atoms with E-state index in [1.807, 2.05) is 6.20 Å². The van der Waals surface area contributed by atoms with Crippen molar-refractivity contribution in [2.75, 3.05) is 19.6 Å². The van der Waals surface area contributed by atoms with E-state index in [1.165, 1.54) is 38.9 Å². The Bertz CT molecular complexity index is 339. The Morgan fingerprint density at radius 2 is 2.20 bits per heavy atom. The number of likely N-dealkylation sites (tertiary alicyclic amines) is 1. The molecule has 2 fully saturated rings. The minimum absolute atomic E-state index is 0.608. The van der Waals surface area contributed by atoms with Crippen LogP contribution in [0.1, 0.15) is 25.3 Å². The average Bonchev–Trinajstić information content (AvgIpc) is 2.46. The molecule has 1 aliphatic carbocycles. The second-order valence-corrected chi connectivity index (χ2v) is 5.72. The van der Waals surface area contributed by atoms with Crippen LogP contribution in [0.5, 0.6) is 0 Å². The van der Waals surface area contributed by atoms with E-state index < -0.39 is 0 Å². The van der Waals surface area contributed by atoms with Gasteiger partial charge in [-0.05, 0) is 34.7 Å². The van der Waals surface area contributed by atoms with Crippen molar-refractivity contribution < 1.29 is 0 Å². The molecular formula is C11H16BrN3. The molecule has 4 heteroatoms. The van der Waals surface area contributed by atoms with Crippen LogP contribution in [0.15, 0.2) is 16.9 Å². The molecule has 0 atom stereocenters. The summed E-state index contributed by atoms with van der Waals surface area (Å²) >= 11 is 3.43. The van der Waals surface area contributed by atoms with Gasteiger partial charge in [-0.2, -0.15) is 5.10 Å². The van der Waals surface area contributed by atoms with Crippen molar-refractivity contribution in [2.24, 2.45) is 5.92 Å². The number of hydrogen-bond acceptors (Lipinski definition) is 2. The van der Waals surface area contributed by atoms with Gasteiger partial charge in [-0.25, -0.2) is 0 Å². The predicted molar refractivity (Wildman–Crippen MR) is 62.7 cm³/mol. The predicted octanol–water partition coefficient (Wildman–Crippen LogP) is 2.30. The van der Waals surface area contributed by atoms with Gasteiger partial charge in [0.1, 0.15) is 0 Å². The lowest BCUT2D eigenvalue weighted by molar-refractivity contribution is 0.0634.